The summed E-state index contributed by atoms with van der Waals surface area (Å²) in [5, 5.41) is 0. The molecule has 0 saturated carbocycles. The van der Waals surface area contributed by atoms with Crippen LogP contribution < -0.4 is 0 Å². The molecule has 4 heteroatoms. The summed E-state index contributed by atoms with van der Waals surface area (Å²) in [6.45, 7) is 20.8. The summed E-state index contributed by atoms with van der Waals surface area (Å²) in [6.07, 6.45) is 0. The first-order valence-electron chi connectivity index (χ1n) is 8.60. The maximum atomic E-state index is 2.59. The van der Waals surface area contributed by atoms with Gasteiger partial charge in [0.05, 0.1) is 52.9 Å². The van der Waals surface area contributed by atoms with E-state index in [0.717, 1.165) is 0 Å². The lowest BCUT2D eigenvalue weighted by Gasteiger charge is -2.50. The van der Waals surface area contributed by atoms with Gasteiger partial charge in [0.2, 0.25) is 0 Å². The molecule has 118 valence electrons. The lowest BCUT2D eigenvalue weighted by atomic mass is 10.1. The Morgan fingerprint density at radius 3 is 1.60 bits per heavy atom. The van der Waals surface area contributed by atoms with Crippen LogP contribution in [0.15, 0.2) is 0 Å². The smallest absolute Gasteiger partial charge is 0.0916 e. The van der Waals surface area contributed by atoms with Crippen LogP contribution in [0, 0.1) is 0 Å². The van der Waals surface area contributed by atoms with Crippen molar-refractivity contribution in [1.29, 1.82) is 0 Å². The van der Waals surface area contributed by atoms with E-state index in [2.05, 4.69) is 37.7 Å². The van der Waals surface area contributed by atoms with Crippen molar-refractivity contribution < 1.29 is 8.97 Å². The minimum atomic E-state index is 1.27. The van der Waals surface area contributed by atoms with Crippen molar-refractivity contribution in [3.05, 3.63) is 0 Å². The quantitative estimate of drug-likeness (QED) is 0.684. The van der Waals surface area contributed by atoms with Crippen LogP contribution in [0.2, 0.25) is 0 Å². The second-order valence-electron chi connectivity index (χ2n) is 7.36. The van der Waals surface area contributed by atoms with Gasteiger partial charge in [0, 0.05) is 32.7 Å². The number of fused-ring (bicyclic) bond motifs is 3. The van der Waals surface area contributed by atoms with Gasteiger partial charge in [0.15, 0.2) is 0 Å². The summed E-state index contributed by atoms with van der Waals surface area (Å²) < 4.78 is 2.68. The second-order valence-corrected chi connectivity index (χ2v) is 7.36. The van der Waals surface area contributed by atoms with E-state index in [0.29, 0.717) is 0 Å². The summed E-state index contributed by atoms with van der Waals surface area (Å²) in [5.41, 5.74) is 0. The Bertz CT molecular complexity index is 275. The number of nitrogens with zero attached hydrogens (tertiary/aromatic N) is 4. The zero-order valence-corrected chi connectivity index (χ0v) is 14.3. The highest BCUT2D eigenvalue weighted by Gasteiger charge is 2.36. The van der Waals surface area contributed by atoms with Crippen molar-refractivity contribution in [3.8, 4) is 0 Å². The van der Waals surface area contributed by atoms with Crippen LogP contribution in [0.3, 0.4) is 0 Å². The molecule has 4 rings (SSSR count). The van der Waals surface area contributed by atoms with Crippen molar-refractivity contribution in [2.24, 2.45) is 0 Å². The normalized spacial score (nSPS) is 36.3. The molecule has 4 heterocycles. The van der Waals surface area contributed by atoms with Crippen molar-refractivity contribution in [2.75, 3.05) is 92.6 Å². The second kappa shape index (κ2) is 6.73. The fourth-order valence-corrected chi connectivity index (χ4v) is 3.57. The molecule has 0 aromatic rings. The molecule has 4 saturated heterocycles. The minimum absolute atomic E-state index is 1.27. The van der Waals surface area contributed by atoms with Crippen molar-refractivity contribution >= 4 is 0 Å². The number of piperazine rings is 4. The fourth-order valence-electron chi connectivity index (χ4n) is 3.57. The SMILES string of the molecule is CC[N+]1(C)CCN(C)CC1.CC[N+]12CCN(CC1)CC2. The lowest BCUT2D eigenvalue weighted by Crippen LogP contribution is -2.67. The minimum Gasteiger partial charge on any atom is -0.324 e. The Morgan fingerprint density at radius 1 is 0.750 bits per heavy atom. The molecule has 0 spiro atoms. The first-order valence-corrected chi connectivity index (χ1v) is 8.60. The Hall–Kier alpha value is -0.160. The molecule has 0 amide bonds. The largest absolute Gasteiger partial charge is 0.324 e. The Balaban J connectivity index is 0.000000147. The molecular formula is C16H36N4+2. The van der Waals surface area contributed by atoms with Crippen LogP contribution in [0.5, 0.6) is 0 Å². The lowest BCUT2D eigenvalue weighted by molar-refractivity contribution is -0.939. The standard InChI is InChI=1S/C8H17N2.C8H19N2/c1-2-10-6-3-9(4-7-10)5-8-10;1-4-10(3)7-5-9(2)6-8-10/h2-8H2,1H3;4-8H2,1-3H3/q2*+1. The summed E-state index contributed by atoms with van der Waals surface area (Å²) in [7, 11) is 4.56. The molecule has 0 N–H and O–H groups in total. The molecule has 2 bridgehead atoms. The first kappa shape index (κ1) is 16.2. The maximum Gasteiger partial charge on any atom is 0.0916 e. The van der Waals surface area contributed by atoms with Gasteiger partial charge >= 0.3 is 0 Å². The third kappa shape index (κ3) is 3.94. The van der Waals surface area contributed by atoms with E-state index in [-0.39, 0.29) is 0 Å². The summed E-state index contributed by atoms with van der Waals surface area (Å²) in [5.74, 6) is 0. The fraction of sp³-hybridized carbons (Fsp3) is 1.00. The number of rotatable bonds is 2. The molecule has 4 aliphatic heterocycles. The van der Waals surface area contributed by atoms with E-state index in [9.17, 15) is 0 Å². The van der Waals surface area contributed by atoms with Crippen LogP contribution in [0.4, 0.5) is 0 Å². The Labute approximate surface area is 126 Å². The summed E-state index contributed by atoms with van der Waals surface area (Å²) in [6, 6.07) is 0. The maximum absolute atomic E-state index is 2.59. The van der Waals surface area contributed by atoms with Gasteiger partial charge in [-0.3, -0.25) is 9.80 Å². The number of quaternary nitrogens is 2. The molecule has 4 fully saturated rings. The number of likely N-dealkylation sites (N-methyl/N-ethyl adjacent to an activating group) is 3. The summed E-state index contributed by atoms with van der Waals surface area (Å²) in [4.78, 5) is 5.01. The molecule has 0 radical (unpaired) electrons. The van der Waals surface area contributed by atoms with Crippen LogP contribution in [-0.4, -0.2) is 111 Å². The van der Waals surface area contributed by atoms with Crippen LogP contribution in [0.25, 0.3) is 0 Å². The number of hydrogen-bond donors (Lipinski definition) is 0. The van der Waals surface area contributed by atoms with E-state index in [1.54, 1.807) is 0 Å². The van der Waals surface area contributed by atoms with Gasteiger partial charge in [-0.05, 0) is 20.9 Å². The molecule has 0 aromatic heterocycles. The Kier molecular flexibility index (Phi) is 5.46. The molecule has 20 heavy (non-hydrogen) atoms. The van der Waals surface area contributed by atoms with E-state index >= 15 is 0 Å². The molecule has 4 aliphatic rings. The Morgan fingerprint density at radius 2 is 1.25 bits per heavy atom. The average molecular weight is 284 g/mol. The van der Waals surface area contributed by atoms with Gasteiger partial charge in [-0.2, -0.15) is 0 Å². The predicted molar refractivity (Wildman–Crippen MR) is 85.8 cm³/mol. The van der Waals surface area contributed by atoms with Crippen molar-refractivity contribution in [1.82, 2.24) is 9.80 Å². The first-order chi connectivity index (χ1) is 9.51. The van der Waals surface area contributed by atoms with E-state index in [4.69, 9.17) is 0 Å². The van der Waals surface area contributed by atoms with Gasteiger partial charge in [-0.15, -0.1) is 0 Å². The monoisotopic (exact) mass is 284 g/mol. The molecule has 0 unspecified atom stereocenters. The highest BCUT2D eigenvalue weighted by atomic mass is 15.4. The van der Waals surface area contributed by atoms with Crippen LogP contribution in [0.1, 0.15) is 13.8 Å². The zero-order chi connectivity index (χ0) is 14.6. The molecule has 0 aliphatic carbocycles. The molecule has 0 atom stereocenters. The van der Waals surface area contributed by atoms with Gasteiger partial charge in [0.1, 0.15) is 0 Å². The van der Waals surface area contributed by atoms with Gasteiger partial charge in [-0.1, -0.05) is 0 Å². The van der Waals surface area contributed by atoms with E-state index in [1.807, 2.05) is 0 Å². The van der Waals surface area contributed by atoms with Crippen LogP contribution in [-0.2, 0) is 0 Å². The number of hydrogen-bond acceptors (Lipinski definition) is 2. The highest BCUT2D eigenvalue weighted by molar-refractivity contribution is 4.69. The van der Waals surface area contributed by atoms with Crippen molar-refractivity contribution in [3.63, 3.8) is 0 Å². The highest BCUT2D eigenvalue weighted by Crippen LogP contribution is 2.18. The van der Waals surface area contributed by atoms with E-state index < -0.39 is 0 Å². The topological polar surface area (TPSA) is 6.48 Å². The van der Waals surface area contributed by atoms with Crippen molar-refractivity contribution in [2.45, 2.75) is 13.8 Å². The third-order valence-corrected chi connectivity index (χ3v) is 6.15. The van der Waals surface area contributed by atoms with Gasteiger partial charge < -0.3 is 8.97 Å². The summed E-state index contributed by atoms with van der Waals surface area (Å²) >= 11 is 0. The molecule has 0 aromatic carbocycles. The zero-order valence-electron chi connectivity index (χ0n) is 14.3. The van der Waals surface area contributed by atoms with Gasteiger partial charge in [0.25, 0.3) is 0 Å². The van der Waals surface area contributed by atoms with Gasteiger partial charge in [-0.25, -0.2) is 0 Å². The van der Waals surface area contributed by atoms with Crippen LogP contribution >= 0.6 is 0 Å². The third-order valence-electron chi connectivity index (χ3n) is 6.15. The van der Waals surface area contributed by atoms with E-state index in [1.165, 1.54) is 87.5 Å². The molecular weight excluding hydrogens is 248 g/mol. The molecule has 4 nitrogen and oxygen atoms in total. The average Bonchev–Trinajstić information content (AvgIpc) is 2.53. The predicted octanol–water partition coefficient (Wildman–Crippen LogP) is 0.551.